The Morgan fingerprint density at radius 1 is 1.11 bits per heavy atom. The van der Waals surface area contributed by atoms with Crippen LogP contribution in [0.4, 0.5) is 4.39 Å². The minimum Gasteiger partial charge on any atom is -0.338 e. The predicted molar refractivity (Wildman–Crippen MR) is 71.5 cm³/mol. The molecule has 5 heteroatoms. The van der Waals surface area contributed by atoms with Gasteiger partial charge in [0.1, 0.15) is 17.2 Å². The maximum absolute atomic E-state index is 13.2. The smallest absolute Gasteiger partial charge is 0.138 e. The number of nitrogens with one attached hydrogen (secondary N) is 1. The normalized spacial score (nSPS) is 11.1. The topological polar surface area (TPSA) is 28.7 Å². The summed E-state index contributed by atoms with van der Waals surface area (Å²) in [5.41, 5.74) is 2.02. The van der Waals surface area contributed by atoms with Crippen LogP contribution in [0.1, 0.15) is 0 Å². The number of rotatable bonds is 1. The van der Waals surface area contributed by atoms with Crippen LogP contribution in [0.5, 0.6) is 0 Å². The Balaban J connectivity index is 2.22. The van der Waals surface area contributed by atoms with Gasteiger partial charge >= 0.3 is 0 Å². The molecule has 0 aliphatic carbocycles. The number of benzene rings is 2. The third kappa shape index (κ3) is 1.96. The van der Waals surface area contributed by atoms with E-state index in [2.05, 4.69) is 9.97 Å². The van der Waals surface area contributed by atoms with Crippen molar-refractivity contribution in [3.8, 4) is 11.4 Å². The van der Waals surface area contributed by atoms with E-state index in [0.29, 0.717) is 26.9 Å². The fraction of sp³-hybridized carbons (Fsp3) is 0. The summed E-state index contributed by atoms with van der Waals surface area (Å²) >= 11 is 12.0. The highest BCUT2D eigenvalue weighted by Gasteiger charge is 2.09. The van der Waals surface area contributed by atoms with Crippen LogP contribution < -0.4 is 0 Å². The van der Waals surface area contributed by atoms with Crippen molar-refractivity contribution in [3.05, 3.63) is 52.3 Å². The van der Waals surface area contributed by atoms with Crippen molar-refractivity contribution in [2.75, 3.05) is 0 Å². The SMILES string of the molecule is Fc1cccc(-c2nc3c(Cl)cc(Cl)cc3[nH]2)c1. The zero-order chi connectivity index (χ0) is 12.7. The maximum atomic E-state index is 13.2. The first-order valence-corrected chi connectivity index (χ1v) is 6.00. The molecule has 90 valence electrons. The summed E-state index contributed by atoms with van der Waals surface area (Å²) in [6, 6.07) is 9.56. The number of hydrogen-bond acceptors (Lipinski definition) is 1. The Hall–Kier alpha value is -1.58. The number of aromatic nitrogens is 2. The van der Waals surface area contributed by atoms with Crippen LogP contribution >= 0.6 is 23.2 Å². The summed E-state index contributed by atoms with van der Waals surface area (Å²) in [7, 11) is 0. The molecule has 2 nitrogen and oxygen atoms in total. The zero-order valence-electron chi connectivity index (χ0n) is 9.05. The van der Waals surface area contributed by atoms with E-state index in [1.807, 2.05) is 0 Å². The molecule has 0 saturated heterocycles. The molecule has 18 heavy (non-hydrogen) atoms. The average molecular weight is 281 g/mol. The molecule has 3 rings (SSSR count). The monoisotopic (exact) mass is 280 g/mol. The minimum atomic E-state index is -0.308. The van der Waals surface area contributed by atoms with Gasteiger partial charge in [0.15, 0.2) is 0 Å². The number of fused-ring (bicyclic) bond motifs is 1. The standard InChI is InChI=1S/C13H7Cl2FN2/c14-8-5-10(15)12-11(6-8)17-13(18-12)7-2-1-3-9(16)4-7/h1-6H,(H,17,18). The van der Waals surface area contributed by atoms with Crippen LogP contribution in [0, 0.1) is 5.82 Å². The summed E-state index contributed by atoms with van der Waals surface area (Å²) < 4.78 is 13.2. The molecule has 0 spiro atoms. The Bertz CT molecular complexity index is 737. The van der Waals surface area contributed by atoms with Gasteiger partial charge in [0.2, 0.25) is 0 Å². The van der Waals surface area contributed by atoms with Crippen LogP contribution in [-0.4, -0.2) is 9.97 Å². The lowest BCUT2D eigenvalue weighted by atomic mass is 10.2. The van der Waals surface area contributed by atoms with Gasteiger partial charge in [-0.15, -0.1) is 0 Å². The van der Waals surface area contributed by atoms with Gasteiger partial charge in [-0.2, -0.15) is 0 Å². The molecule has 0 atom stereocenters. The van der Waals surface area contributed by atoms with Gasteiger partial charge in [0.25, 0.3) is 0 Å². The number of halogens is 3. The van der Waals surface area contributed by atoms with Crippen molar-refractivity contribution in [1.82, 2.24) is 9.97 Å². The average Bonchev–Trinajstić information content (AvgIpc) is 2.73. The molecule has 3 aromatic rings. The molecule has 0 aliphatic rings. The summed E-state index contributed by atoms with van der Waals surface area (Å²) in [4.78, 5) is 7.43. The van der Waals surface area contributed by atoms with Gasteiger partial charge in [0.05, 0.1) is 10.5 Å². The molecular formula is C13H7Cl2FN2. The highest BCUT2D eigenvalue weighted by atomic mass is 35.5. The van der Waals surface area contributed by atoms with Crippen LogP contribution in [0.15, 0.2) is 36.4 Å². The molecule has 0 unspecified atom stereocenters. The fourth-order valence-electron chi connectivity index (χ4n) is 1.81. The van der Waals surface area contributed by atoms with Crippen molar-refractivity contribution >= 4 is 34.2 Å². The zero-order valence-corrected chi connectivity index (χ0v) is 10.6. The lowest BCUT2D eigenvalue weighted by Gasteiger charge is -1.95. The van der Waals surface area contributed by atoms with Crippen LogP contribution in [0.2, 0.25) is 10.0 Å². The lowest BCUT2D eigenvalue weighted by molar-refractivity contribution is 0.628. The van der Waals surface area contributed by atoms with Gasteiger partial charge in [-0.25, -0.2) is 9.37 Å². The molecule has 1 aromatic heterocycles. The van der Waals surface area contributed by atoms with E-state index in [0.717, 1.165) is 5.52 Å². The van der Waals surface area contributed by atoms with Crippen molar-refractivity contribution in [2.45, 2.75) is 0 Å². The fourth-order valence-corrected chi connectivity index (χ4v) is 2.35. The second kappa shape index (κ2) is 4.26. The minimum absolute atomic E-state index is 0.308. The first kappa shape index (κ1) is 11.5. The number of hydrogen-bond donors (Lipinski definition) is 1. The quantitative estimate of drug-likeness (QED) is 0.689. The Morgan fingerprint density at radius 2 is 1.94 bits per heavy atom. The number of imidazole rings is 1. The molecular weight excluding hydrogens is 274 g/mol. The van der Waals surface area contributed by atoms with Gasteiger partial charge < -0.3 is 4.98 Å². The van der Waals surface area contributed by atoms with Crippen molar-refractivity contribution < 1.29 is 4.39 Å². The maximum Gasteiger partial charge on any atom is 0.138 e. The number of aromatic amines is 1. The summed E-state index contributed by atoms with van der Waals surface area (Å²) in [5.74, 6) is 0.255. The highest BCUT2D eigenvalue weighted by Crippen LogP contribution is 2.29. The molecule has 1 heterocycles. The van der Waals surface area contributed by atoms with E-state index >= 15 is 0 Å². The van der Waals surface area contributed by atoms with Crippen molar-refractivity contribution in [2.24, 2.45) is 0 Å². The first-order chi connectivity index (χ1) is 8.63. The Morgan fingerprint density at radius 3 is 2.72 bits per heavy atom. The highest BCUT2D eigenvalue weighted by molar-refractivity contribution is 6.38. The van der Waals surface area contributed by atoms with Crippen molar-refractivity contribution in [1.29, 1.82) is 0 Å². The molecule has 1 N–H and O–H groups in total. The van der Waals surface area contributed by atoms with Crippen LogP contribution in [0.3, 0.4) is 0 Å². The van der Waals surface area contributed by atoms with E-state index in [1.54, 1.807) is 24.3 Å². The Labute approximate surface area is 112 Å². The first-order valence-electron chi connectivity index (χ1n) is 5.24. The van der Waals surface area contributed by atoms with Crippen LogP contribution in [0.25, 0.3) is 22.4 Å². The Kier molecular flexibility index (Phi) is 2.73. The molecule has 0 radical (unpaired) electrons. The molecule has 0 aliphatic heterocycles. The molecule has 2 aromatic carbocycles. The van der Waals surface area contributed by atoms with Gasteiger partial charge in [0, 0.05) is 10.6 Å². The third-order valence-corrected chi connectivity index (χ3v) is 3.11. The van der Waals surface area contributed by atoms with Gasteiger partial charge in [-0.05, 0) is 24.3 Å². The summed E-state index contributed by atoms with van der Waals surface area (Å²) in [6.45, 7) is 0. The van der Waals surface area contributed by atoms with Gasteiger partial charge in [-0.3, -0.25) is 0 Å². The summed E-state index contributed by atoms with van der Waals surface area (Å²) in [5, 5.41) is 0.998. The lowest BCUT2D eigenvalue weighted by Crippen LogP contribution is -1.81. The largest absolute Gasteiger partial charge is 0.338 e. The van der Waals surface area contributed by atoms with E-state index in [9.17, 15) is 4.39 Å². The van der Waals surface area contributed by atoms with E-state index in [-0.39, 0.29) is 5.82 Å². The second-order valence-corrected chi connectivity index (χ2v) is 4.72. The van der Waals surface area contributed by atoms with Crippen LogP contribution in [-0.2, 0) is 0 Å². The molecule has 0 bridgehead atoms. The molecule has 0 saturated carbocycles. The van der Waals surface area contributed by atoms with E-state index in [1.165, 1.54) is 12.1 Å². The number of H-pyrrole nitrogens is 1. The second-order valence-electron chi connectivity index (χ2n) is 3.88. The predicted octanol–water partition coefficient (Wildman–Crippen LogP) is 4.68. The van der Waals surface area contributed by atoms with Gasteiger partial charge in [-0.1, -0.05) is 35.3 Å². The molecule has 0 amide bonds. The number of nitrogens with zero attached hydrogens (tertiary/aromatic N) is 1. The van der Waals surface area contributed by atoms with E-state index < -0.39 is 0 Å². The summed E-state index contributed by atoms with van der Waals surface area (Å²) in [6.07, 6.45) is 0. The van der Waals surface area contributed by atoms with E-state index in [4.69, 9.17) is 23.2 Å². The third-order valence-electron chi connectivity index (χ3n) is 2.60. The van der Waals surface area contributed by atoms with Crippen molar-refractivity contribution in [3.63, 3.8) is 0 Å². The molecule has 0 fully saturated rings.